The first-order chi connectivity index (χ1) is 15.1. The van der Waals surface area contributed by atoms with Gasteiger partial charge in [-0.2, -0.15) is 0 Å². The van der Waals surface area contributed by atoms with E-state index in [2.05, 4.69) is 10.2 Å². The molecule has 0 radical (unpaired) electrons. The normalized spacial score (nSPS) is 11.7. The molecule has 0 atom stereocenters. The minimum atomic E-state index is -0.848. The third-order valence-corrected chi connectivity index (χ3v) is 6.39. The highest BCUT2D eigenvalue weighted by atomic mass is 33.1. The van der Waals surface area contributed by atoms with E-state index in [0.717, 1.165) is 11.1 Å². The summed E-state index contributed by atoms with van der Waals surface area (Å²) in [6, 6.07) is 14.2. The molecule has 0 saturated carbocycles. The van der Waals surface area contributed by atoms with Gasteiger partial charge in [0.05, 0.1) is 11.4 Å². The number of imide groups is 1. The molecular formula is C20H19N3O6S2. The first-order valence-corrected chi connectivity index (χ1v) is 11.7. The third-order valence-electron chi connectivity index (χ3n) is 4.06. The Labute approximate surface area is 186 Å². The predicted molar refractivity (Wildman–Crippen MR) is 122 cm³/mol. The molecule has 0 saturated heterocycles. The molecule has 162 valence electrons. The van der Waals surface area contributed by atoms with Crippen molar-refractivity contribution in [1.29, 1.82) is 0 Å². The van der Waals surface area contributed by atoms with Crippen molar-refractivity contribution in [2.24, 2.45) is 0 Å². The molecule has 3 amide bonds. The number of benzene rings is 2. The first-order valence-electron chi connectivity index (χ1n) is 9.22. The zero-order valence-corrected chi connectivity index (χ0v) is 17.9. The van der Waals surface area contributed by atoms with E-state index in [1.807, 2.05) is 60.7 Å². The van der Waals surface area contributed by atoms with Gasteiger partial charge in [-0.1, -0.05) is 70.1 Å². The van der Waals surface area contributed by atoms with Crippen LogP contribution in [-0.2, 0) is 9.57 Å². The SMILES string of the molecule is O=C(NC(=O)N1c2ccccc2C=Cc2ccccc21)OCCSSCCO[N+](=O)[O-]. The van der Waals surface area contributed by atoms with Crippen LogP contribution in [0.2, 0.25) is 0 Å². The topological polar surface area (TPSA) is 111 Å². The molecule has 0 unspecified atom stereocenters. The fourth-order valence-electron chi connectivity index (χ4n) is 2.80. The first kappa shape index (κ1) is 22.5. The van der Waals surface area contributed by atoms with Gasteiger partial charge in [0.25, 0.3) is 5.09 Å². The maximum absolute atomic E-state index is 13.0. The predicted octanol–water partition coefficient (Wildman–Crippen LogP) is 4.74. The van der Waals surface area contributed by atoms with Crippen LogP contribution in [0.4, 0.5) is 21.0 Å². The Morgan fingerprint density at radius 1 is 0.935 bits per heavy atom. The van der Waals surface area contributed by atoms with Crippen molar-refractivity contribution in [3.8, 4) is 0 Å². The number of anilines is 2. The number of hydrogen-bond donors (Lipinski definition) is 1. The Kier molecular flexibility index (Phi) is 8.19. The molecule has 9 nitrogen and oxygen atoms in total. The lowest BCUT2D eigenvalue weighted by atomic mass is 10.1. The lowest BCUT2D eigenvalue weighted by Crippen LogP contribution is -2.41. The molecular weight excluding hydrogens is 442 g/mol. The summed E-state index contributed by atoms with van der Waals surface area (Å²) in [5, 5.41) is 11.5. The van der Waals surface area contributed by atoms with Gasteiger partial charge in [0.1, 0.15) is 13.2 Å². The highest BCUT2D eigenvalue weighted by Gasteiger charge is 2.25. The summed E-state index contributed by atoms with van der Waals surface area (Å²) >= 11 is 0. The Morgan fingerprint density at radius 2 is 1.48 bits per heavy atom. The van der Waals surface area contributed by atoms with Crippen molar-refractivity contribution in [2.45, 2.75) is 0 Å². The van der Waals surface area contributed by atoms with E-state index in [4.69, 9.17) is 4.74 Å². The number of urea groups is 1. The molecule has 0 bridgehead atoms. The highest BCUT2D eigenvalue weighted by molar-refractivity contribution is 8.76. The molecule has 1 N–H and O–H groups in total. The summed E-state index contributed by atoms with van der Waals surface area (Å²) in [6.07, 6.45) is 3.00. The molecule has 0 aliphatic carbocycles. The maximum atomic E-state index is 13.0. The van der Waals surface area contributed by atoms with Crippen LogP contribution < -0.4 is 10.2 Å². The Bertz CT molecular complexity index is 935. The molecule has 11 heteroatoms. The Morgan fingerprint density at radius 3 is 2.06 bits per heavy atom. The number of rotatable bonds is 8. The van der Waals surface area contributed by atoms with Gasteiger partial charge < -0.3 is 9.57 Å². The second-order valence-corrected chi connectivity index (χ2v) is 8.76. The van der Waals surface area contributed by atoms with Crippen molar-refractivity contribution in [2.75, 3.05) is 29.6 Å². The number of nitrogens with one attached hydrogen (secondary N) is 1. The van der Waals surface area contributed by atoms with Crippen LogP contribution in [0.5, 0.6) is 0 Å². The van der Waals surface area contributed by atoms with E-state index < -0.39 is 17.2 Å². The van der Waals surface area contributed by atoms with Crippen LogP contribution in [-0.4, -0.2) is 41.9 Å². The van der Waals surface area contributed by atoms with Crippen LogP contribution in [0, 0.1) is 10.1 Å². The average molecular weight is 462 g/mol. The Balaban J connectivity index is 1.54. The number of nitrogens with zero attached hydrogens (tertiary/aromatic N) is 2. The molecule has 0 aromatic heterocycles. The number of hydrogen-bond acceptors (Lipinski definition) is 8. The van der Waals surface area contributed by atoms with Gasteiger partial charge in [-0.05, 0) is 23.3 Å². The van der Waals surface area contributed by atoms with E-state index in [1.54, 1.807) is 0 Å². The lowest BCUT2D eigenvalue weighted by molar-refractivity contribution is -0.756. The van der Waals surface area contributed by atoms with Crippen molar-refractivity contribution < 1.29 is 24.3 Å². The fraction of sp³-hybridized carbons (Fsp3) is 0.200. The van der Waals surface area contributed by atoms with E-state index in [0.29, 0.717) is 22.9 Å². The molecule has 31 heavy (non-hydrogen) atoms. The highest BCUT2D eigenvalue weighted by Crippen LogP contribution is 2.36. The molecule has 1 heterocycles. The summed E-state index contributed by atoms with van der Waals surface area (Å²) in [5.74, 6) is 0.891. The monoisotopic (exact) mass is 461 g/mol. The van der Waals surface area contributed by atoms with Crippen LogP contribution in [0.15, 0.2) is 48.5 Å². The maximum Gasteiger partial charge on any atom is 0.415 e. The molecule has 2 aromatic carbocycles. The van der Waals surface area contributed by atoms with Gasteiger partial charge in [-0.3, -0.25) is 4.90 Å². The smallest absolute Gasteiger partial charge is 0.415 e. The zero-order chi connectivity index (χ0) is 22.1. The molecule has 3 rings (SSSR count). The number of carbonyl (C=O) groups is 2. The van der Waals surface area contributed by atoms with Gasteiger partial charge in [0, 0.05) is 11.5 Å². The van der Waals surface area contributed by atoms with Crippen molar-refractivity contribution in [3.05, 3.63) is 69.8 Å². The van der Waals surface area contributed by atoms with Gasteiger partial charge in [0.2, 0.25) is 0 Å². The third kappa shape index (κ3) is 6.40. The van der Waals surface area contributed by atoms with E-state index in [1.165, 1.54) is 26.5 Å². The number of alkyl carbamates (subject to hydrolysis) is 1. The number of carbonyl (C=O) groups excluding carboxylic acids is 2. The van der Waals surface area contributed by atoms with Crippen molar-refractivity contribution >= 4 is 57.2 Å². The Hall–Kier alpha value is -3.18. The van der Waals surface area contributed by atoms with Gasteiger partial charge in [-0.25, -0.2) is 14.9 Å². The average Bonchev–Trinajstić information content (AvgIpc) is 2.92. The van der Waals surface area contributed by atoms with Gasteiger partial charge in [0.15, 0.2) is 0 Å². The fourth-order valence-corrected chi connectivity index (χ4v) is 4.45. The van der Waals surface area contributed by atoms with Crippen molar-refractivity contribution in [3.63, 3.8) is 0 Å². The van der Waals surface area contributed by atoms with Crippen LogP contribution in [0.1, 0.15) is 11.1 Å². The minimum absolute atomic E-state index is 0.00580. The number of para-hydroxylation sites is 2. The van der Waals surface area contributed by atoms with E-state index in [9.17, 15) is 19.7 Å². The summed E-state index contributed by atoms with van der Waals surface area (Å²) in [6.45, 7) is 0.0791. The molecule has 1 aliphatic heterocycles. The molecule has 0 fully saturated rings. The molecule has 0 spiro atoms. The van der Waals surface area contributed by atoms with Crippen LogP contribution in [0.25, 0.3) is 12.2 Å². The van der Waals surface area contributed by atoms with Gasteiger partial charge >= 0.3 is 12.1 Å². The minimum Gasteiger partial charge on any atom is -0.448 e. The van der Waals surface area contributed by atoms with E-state index >= 15 is 0 Å². The lowest BCUT2D eigenvalue weighted by Gasteiger charge is -2.24. The van der Waals surface area contributed by atoms with Gasteiger partial charge in [-0.15, -0.1) is 10.1 Å². The molecule has 1 aliphatic rings. The number of fused-ring (bicyclic) bond motifs is 2. The summed E-state index contributed by atoms with van der Waals surface area (Å²) in [4.78, 5) is 40.7. The standard InChI is InChI=1S/C20H19N3O6S2/c24-19(21-20(25)28-11-13-30-31-14-12-29-23(26)27)22-17-7-3-1-5-15(17)9-10-16-6-2-4-8-18(16)22/h1-10H,11-14H2,(H,21,24,25). The largest absolute Gasteiger partial charge is 0.448 e. The quantitative estimate of drug-likeness (QED) is 0.260. The summed E-state index contributed by atoms with van der Waals surface area (Å²) < 4.78 is 5.07. The summed E-state index contributed by atoms with van der Waals surface area (Å²) in [7, 11) is 2.75. The van der Waals surface area contributed by atoms with Crippen LogP contribution in [0.3, 0.4) is 0 Å². The number of ether oxygens (including phenoxy) is 1. The summed E-state index contributed by atoms with van der Waals surface area (Å²) in [5.41, 5.74) is 2.99. The second kappa shape index (κ2) is 11.3. The molecule has 2 aromatic rings. The van der Waals surface area contributed by atoms with E-state index in [-0.39, 0.29) is 13.2 Å². The zero-order valence-electron chi connectivity index (χ0n) is 16.3. The second-order valence-electron chi connectivity index (χ2n) is 6.05. The number of amides is 3. The van der Waals surface area contributed by atoms with Crippen molar-refractivity contribution in [1.82, 2.24) is 5.32 Å². The van der Waals surface area contributed by atoms with Crippen LogP contribution >= 0.6 is 21.6 Å².